The maximum absolute atomic E-state index is 5.47. The molecule has 11 heavy (non-hydrogen) atoms. The summed E-state index contributed by atoms with van der Waals surface area (Å²) in [6.45, 7) is 0. The number of nitrogens with two attached hydrogens (primary N) is 1. The minimum absolute atomic E-state index is 0.591. The topological polar surface area (TPSA) is 51.8 Å². The molecule has 2 aromatic rings. The zero-order chi connectivity index (χ0) is 7.68. The molecular formula is C6H5N3S2. The number of anilines is 1. The first kappa shape index (κ1) is 6.75. The van der Waals surface area contributed by atoms with Crippen molar-refractivity contribution in [3.05, 3.63) is 17.6 Å². The Kier molecular flexibility index (Phi) is 1.59. The average molecular weight is 183 g/mol. The van der Waals surface area contributed by atoms with Gasteiger partial charge in [-0.1, -0.05) is 11.3 Å². The fraction of sp³-hybridized carbons (Fsp3) is 0. The Morgan fingerprint density at radius 2 is 2.36 bits per heavy atom. The molecule has 0 saturated carbocycles. The third-order valence-corrected chi connectivity index (χ3v) is 2.62. The van der Waals surface area contributed by atoms with E-state index in [1.165, 1.54) is 22.9 Å². The van der Waals surface area contributed by atoms with Crippen LogP contribution in [0, 0.1) is 0 Å². The minimum Gasteiger partial charge on any atom is -0.375 e. The molecule has 2 aromatic heterocycles. The molecule has 5 heteroatoms. The quantitative estimate of drug-likeness (QED) is 0.734. The van der Waals surface area contributed by atoms with Crippen LogP contribution in [0.5, 0.6) is 0 Å². The first-order chi connectivity index (χ1) is 5.36. The summed E-state index contributed by atoms with van der Waals surface area (Å²) in [5, 5.41) is 2.53. The molecule has 0 radical (unpaired) electrons. The highest BCUT2D eigenvalue weighted by molar-refractivity contribution is 7.18. The van der Waals surface area contributed by atoms with Crippen molar-refractivity contribution in [2.24, 2.45) is 0 Å². The van der Waals surface area contributed by atoms with E-state index in [2.05, 4.69) is 9.36 Å². The van der Waals surface area contributed by atoms with E-state index in [9.17, 15) is 0 Å². The van der Waals surface area contributed by atoms with Gasteiger partial charge in [0, 0.05) is 11.6 Å². The molecule has 0 aliphatic rings. The van der Waals surface area contributed by atoms with Gasteiger partial charge in [0.25, 0.3) is 0 Å². The van der Waals surface area contributed by atoms with Crippen LogP contribution in [0.15, 0.2) is 17.6 Å². The van der Waals surface area contributed by atoms with Gasteiger partial charge in [-0.2, -0.15) is 4.37 Å². The van der Waals surface area contributed by atoms with Gasteiger partial charge in [-0.05, 0) is 17.6 Å². The zero-order valence-electron chi connectivity index (χ0n) is 5.52. The van der Waals surface area contributed by atoms with Crippen molar-refractivity contribution in [3.63, 3.8) is 0 Å². The number of nitrogen functional groups attached to an aromatic ring is 1. The Balaban J connectivity index is 2.45. The Morgan fingerprint density at radius 1 is 1.45 bits per heavy atom. The van der Waals surface area contributed by atoms with Gasteiger partial charge in [0.2, 0.25) is 0 Å². The molecule has 0 amide bonds. The number of rotatable bonds is 1. The molecule has 2 rings (SSSR count). The smallest absolute Gasteiger partial charge is 0.180 e. The zero-order valence-corrected chi connectivity index (χ0v) is 7.15. The lowest BCUT2D eigenvalue weighted by Crippen LogP contribution is -1.77. The summed E-state index contributed by atoms with van der Waals surface area (Å²) in [7, 11) is 0. The van der Waals surface area contributed by atoms with E-state index in [0.29, 0.717) is 5.13 Å². The summed E-state index contributed by atoms with van der Waals surface area (Å²) in [4.78, 5) is 4.96. The number of nitrogens with zero attached hydrogens (tertiary/aromatic N) is 2. The minimum atomic E-state index is 0.591. The van der Waals surface area contributed by atoms with Crippen LogP contribution in [0.25, 0.3) is 10.6 Å². The number of hydrogen-bond donors (Lipinski definition) is 1. The fourth-order valence-electron chi connectivity index (χ4n) is 0.746. The standard InChI is InChI=1S/C6H5N3S2/c7-6-8-3-5(11-6)4-1-2-10-9-4/h1-3H,(H2,7,8). The van der Waals surface area contributed by atoms with Gasteiger partial charge >= 0.3 is 0 Å². The third kappa shape index (κ3) is 1.24. The molecule has 0 aliphatic heterocycles. The molecule has 0 atom stereocenters. The highest BCUT2D eigenvalue weighted by Gasteiger charge is 2.02. The van der Waals surface area contributed by atoms with E-state index in [4.69, 9.17) is 5.73 Å². The fourth-order valence-corrected chi connectivity index (χ4v) is 1.98. The predicted molar refractivity (Wildman–Crippen MR) is 47.6 cm³/mol. The van der Waals surface area contributed by atoms with Gasteiger partial charge in [-0.15, -0.1) is 0 Å². The van der Waals surface area contributed by atoms with Crippen LogP contribution in [0.4, 0.5) is 5.13 Å². The summed E-state index contributed by atoms with van der Waals surface area (Å²) in [6, 6.07) is 1.96. The lowest BCUT2D eigenvalue weighted by atomic mass is 10.4. The Bertz CT molecular complexity index is 338. The molecule has 0 fully saturated rings. The molecule has 0 aromatic carbocycles. The summed E-state index contributed by atoms with van der Waals surface area (Å²) in [5.41, 5.74) is 6.43. The van der Waals surface area contributed by atoms with Crippen LogP contribution in [0.2, 0.25) is 0 Å². The van der Waals surface area contributed by atoms with Crippen molar-refractivity contribution in [1.29, 1.82) is 0 Å². The van der Waals surface area contributed by atoms with Crippen molar-refractivity contribution >= 4 is 28.0 Å². The Labute approximate surface area is 71.7 Å². The maximum Gasteiger partial charge on any atom is 0.180 e. The Hall–Kier alpha value is -0.940. The van der Waals surface area contributed by atoms with Crippen LogP contribution >= 0.6 is 22.9 Å². The molecule has 0 spiro atoms. The monoisotopic (exact) mass is 183 g/mol. The van der Waals surface area contributed by atoms with E-state index in [-0.39, 0.29) is 0 Å². The van der Waals surface area contributed by atoms with E-state index in [0.717, 1.165) is 10.6 Å². The number of aromatic nitrogens is 2. The second-order valence-corrected chi connectivity index (χ2v) is 3.68. The molecule has 2 heterocycles. The van der Waals surface area contributed by atoms with Crippen molar-refractivity contribution in [3.8, 4) is 10.6 Å². The molecule has 0 bridgehead atoms. The second-order valence-electron chi connectivity index (χ2n) is 1.95. The normalized spacial score (nSPS) is 10.2. The molecule has 3 nitrogen and oxygen atoms in total. The van der Waals surface area contributed by atoms with Gasteiger partial charge < -0.3 is 5.73 Å². The highest BCUT2D eigenvalue weighted by atomic mass is 32.1. The van der Waals surface area contributed by atoms with Crippen molar-refractivity contribution < 1.29 is 0 Å². The Morgan fingerprint density at radius 3 is 2.91 bits per heavy atom. The summed E-state index contributed by atoms with van der Waals surface area (Å²) >= 11 is 2.89. The van der Waals surface area contributed by atoms with Crippen molar-refractivity contribution in [1.82, 2.24) is 9.36 Å². The first-order valence-corrected chi connectivity index (χ1v) is 4.63. The van der Waals surface area contributed by atoms with Gasteiger partial charge in [0.15, 0.2) is 5.13 Å². The first-order valence-electron chi connectivity index (χ1n) is 2.98. The van der Waals surface area contributed by atoms with Crippen molar-refractivity contribution in [2.45, 2.75) is 0 Å². The number of thiazole rings is 1. The van der Waals surface area contributed by atoms with Crippen LogP contribution in [-0.2, 0) is 0 Å². The molecular weight excluding hydrogens is 178 g/mol. The number of hydrogen-bond acceptors (Lipinski definition) is 5. The molecule has 2 N–H and O–H groups in total. The van der Waals surface area contributed by atoms with Gasteiger partial charge in [-0.25, -0.2) is 4.98 Å². The van der Waals surface area contributed by atoms with Crippen molar-refractivity contribution in [2.75, 3.05) is 5.73 Å². The summed E-state index contributed by atoms with van der Waals surface area (Å²) in [6.07, 6.45) is 1.75. The van der Waals surface area contributed by atoms with Crippen LogP contribution in [0.1, 0.15) is 0 Å². The lowest BCUT2D eigenvalue weighted by molar-refractivity contribution is 1.42. The average Bonchev–Trinajstić information content (AvgIpc) is 2.55. The van der Waals surface area contributed by atoms with E-state index in [1.54, 1.807) is 6.20 Å². The summed E-state index contributed by atoms with van der Waals surface area (Å²) in [5.74, 6) is 0. The second kappa shape index (κ2) is 2.60. The molecule has 56 valence electrons. The maximum atomic E-state index is 5.47. The van der Waals surface area contributed by atoms with Crippen LogP contribution < -0.4 is 5.73 Å². The third-order valence-electron chi connectivity index (χ3n) is 1.21. The van der Waals surface area contributed by atoms with E-state index >= 15 is 0 Å². The van der Waals surface area contributed by atoms with Crippen LogP contribution in [-0.4, -0.2) is 9.36 Å². The largest absolute Gasteiger partial charge is 0.375 e. The van der Waals surface area contributed by atoms with E-state index < -0.39 is 0 Å². The predicted octanol–water partition coefficient (Wildman–Crippen LogP) is 1.85. The highest BCUT2D eigenvalue weighted by Crippen LogP contribution is 2.26. The lowest BCUT2D eigenvalue weighted by Gasteiger charge is -1.82. The summed E-state index contributed by atoms with van der Waals surface area (Å²) < 4.78 is 4.16. The molecule has 0 saturated heterocycles. The SMILES string of the molecule is Nc1ncc(-c2ccsn2)s1. The van der Waals surface area contributed by atoms with Gasteiger partial charge in [0.1, 0.15) is 0 Å². The van der Waals surface area contributed by atoms with E-state index in [1.807, 2.05) is 11.4 Å². The molecule has 0 aliphatic carbocycles. The van der Waals surface area contributed by atoms with Gasteiger partial charge in [-0.3, -0.25) is 0 Å². The van der Waals surface area contributed by atoms with Crippen LogP contribution in [0.3, 0.4) is 0 Å². The van der Waals surface area contributed by atoms with Gasteiger partial charge in [0.05, 0.1) is 10.6 Å². The molecule has 0 unspecified atom stereocenters.